The zero-order valence-electron chi connectivity index (χ0n) is 10.5. The van der Waals surface area contributed by atoms with E-state index in [0.29, 0.717) is 17.9 Å². The third-order valence-corrected chi connectivity index (χ3v) is 3.89. The van der Waals surface area contributed by atoms with Gasteiger partial charge in [0.1, 0.15) is 11.3 Å². The lowest BCUT2D eigenvalue weighted by Crippen LogP contribution is -2.03. The molecule has 0 spiro atoms. The van der Waals surface area contributed by atoms with Gasteiger partial charge >= 0.3 is 0 Å². The van der Waals surface area contributed by atoms with Gasteiger partial charge in [-0.2, -0.15) is 0 Å². The SMILES string of the molecule is Fc1cccc2c1nc(CCl)n2Cc1cccc(Br)c1. The minimum absolute atomic E-state index is 0.252. The molecule has 1 heterocycles. The molecule has 0 bridgehead atoms. The summed E-state index contributed by atoms with van der Waals surface area (Å²) in [5, 5.41) is 0. The van der Waals surface area contributed by atoms with E-state index in [2.05, 4.69) is 20.9 Å². The van der Waals surface area contributed by atoms with Gasteiger partial charge in [0.2, 0.25) is 0 Å². The number of aromatic nitrogens is 2. The van der Waals surface area contributed by atoms with Crippen LogP contribution in [0.3, 0.4) is 0 Å². The van der Waals surface area contributed by atoms with E-state index in [-0.39, 0.29) is 11.7 Å². The number of imidazole rings is 1. The number of para-hydroxylation sites is 1. The molecule has 0 amide bonds. The fourth-order valence-corrected chi connectivity index (χ4v) is 2.91. The van der Waals surface area contributed by atoms with Crippen molar-refractivity contribution in [3.8, 4) is 0 Å². The predicted molar refractivity (Wildman–Crippen MR) is 82.5 cm³/mol. The van der Waals surface area contributed by atoms with Gasteiger partial charge in [-0.15, -0.1) is 11.6 Å². The lowest BCUT2D eigenvalue weighted by molar-refractivity contribution is 0.637. The van der Waals surface area contributed by atoms with Gasteiger partial charge in [0, 0.05) is 11.0 Å². The third kappa shape index (κ3) is 2.45. The molecule has 3 aromatic rings. The topological polar surface area (TPSA) is 17.8 Å². The highest BCUT2D eigenvalue weighted by atomic mass is 79.9. The summed E-state index contributed by atoms with van der Waals surface area (Å²) in [6.45, 7) is 0.613. The maximum Gasteiger partial charge on any atom is 0.151 e. The first-order valence-electron chi connectivity index (χ1n) is 6.13. The molecule has 0 radical (unpaired) electrons. The summed E-state index contributed by atoms with van der Waals surface area (Å²) in [5.41, 5.74) is 2.24. The molecule has 0 atom stereocenters. The zero-order valence-corrected chi connectivity index (χ0v) is 12.8. The first-order chi connectivity index (χ1) is 9.69. The van der Waals surface area contributed by atoms with Crippen LogP contribution < -0.4 is 0 Å². The van der Waals surface area contributed by atoms with Gasteiger partial charge in [-0.05, 0) is 29.8 Å². The zero-order chi connectivity index (χ0) is 14.1. The summed E-state index contributed by atoms with van der Waals surface area (Å²) < 4.78 is 16.8. The molecule has 2 aromatic carbocycles. The van der Waals surface area contributed by atoms with Crippen LogP contribution in [0.25, 0.3) is 11.0 Å². The number of alkyl halides is 1. The summed E-state index contributed by atoms with van der Waals surface area (Å²) in [4.78, 5) is 4.29. The maximum absolute atomic E-state index is 13.8. The lowest BCUT2D eigenvalue weighted by atomic mass is 10.2. The number of fused-ring (bicyclic) bond motifs is 1. The predicted octanol–water partition coefficient (Wildman–Crippen LogP) is 4.73. The van der Waals surface area contributed by atoms with E-state index in [1.54, 1.807) is 6.07 Å². The standard InChI is InChI=1S/C15H11BrClFN2/c16-11-4-1-3-10(7-11)9-20-13-6-2-5-12(18)15(13)19-14(20)8-17/h1-7H,8-9H2. The van der Waals surface area contributed by atoms with E-state index in [0.717, 1.165) is 15.6 Å². The van der Waals surface area contributed by atoms with E-state index in [4.69, 9.17) is 11.6 Å². The summed E-state index contributed by atoms with van der Waals surface area (Å²) >= 11 is 9.39. The van der Waals surface area contributed by atoms with Gasteiger partial charge in [0.15, 0.2) is 5.82 Å². The van der Waals surface area contributed by atoms with E-state index in [9.17, 15) is 4.39 Å². The molecular weight excluding hydrogens is 343 g/mol. The van der Waals surface area contributed by atoms with Crippen molar-refractivity contribution in [2.45, 2.75) is 12.4 Å². The van der Waals surface area contributed by atoms with Crippen molar-refractivity contribution < 1.29 is 4.39 Å². The molecule has 0 aliphatic heterocycles. The average molecular weight is 354 g/mol. The number of hydrogen-bond acceptors (Lipinski definition) is 1. The van der Waals surface area contributed by atoms with Crippen LogP contribution in [0.4, 0.5) is 4.39 Å². The maximum atomic E-state index is 13.8. The lowest BCUT2D eigenvalue weighted by Gasteiger charge is -2.08. The molecule has 0 aliphatic rings. The van der Waals surface area contributed by atoms with Crippen LogP contribution in [0.15, 0.2) is 46.9 Å². The second kappa shape index (κ2) is 5.54. The van der Waals surface area contributed by atoms with Crippen molar-refractivity contribution in [3.05, 3.63) is 64.1 Å². The molecule has 2 nitrogen and oxygen atoms in total. The molecule has 102 valence electrons. The molecule has 20 heavy (non-hydrogen) atoms. The summed E-state index contributed by atoms with van der Waals surface area (Å²) in [6, 6.07) is 13.0. The van der Waals surface area contributed by atoms with Gasteiger partial charge in [-0.25, -0.2) is 9.37 Å². The molecular formula is C15H11BrClFN2. The van der Waals surface area contributed by atoms with Crippen LogP contribution in [-0.2, 0) is 12.4 Å². The normalized spacial score (nSPS) is 11.2. The van der Waals surface area contributed by atoms with Crippen LogP contribution in [0.5, 0.6) is 0 Å². The minimum Gasteiger partial charge on any atom is -0.322 e. The van der Waals surface area contributed by atoms with Crippen LogP contribution in [0, 0.1) is 5.82 Å². The van der Waals surface area contributed by atoms with E-state index < -0.39 is 0 Å². The van der Waals surface area contributed by atoms with E-state index in [1.165, 1.54) is 6.07 Å². The summed E-state index contributed by atoms with van der Waals surface area (Å²) in [5.74, 6) is 0.607. The number of benzene rings is 2. The Morgan fingerprint density at radius 1 is 1.20 bits per heavy atom. The average Bonchev–Trinajstić information content (AvgIpc) is 2.79. The Bertz CT molecular complexity index is 770. The van der Waals surface area contributed by atoms with Crippen LogP contribution in [0.1, 0.15) is 11.4 Å². The quantitative estimate of drug-likeness (QED) is 0.623. The highest BCUT2D eigenvalue weighted by Crippen LogP contribution is 2.22. The van der Waals surface area contributed by atoms with Gasteiger partial charge in [-0.1, -0.05) is 34.1 Å². The largest absolute Gasteiger partial charge is 0.322 e. The molecule has 0 saturated heterocycles. The van der Waals surface area contributed by atoms with Crippen molar-refractivity contribution in [2.75, 3.05) is 0 Å². The summed E-state index contributed by atoms with van der Waals surface area (Å²) in [7, 11) is 0. The first-order valence-corrected chi connectivity index (χ1v) is 7.46. The Hall–Kier alpha value is -1.39. The van der Waals surface area contributed by atoms with Crippen molar-refractivity contribution >= 4 is 38.6 Å². The van der Waals surface area contributed by atoms with Crippen LogP contribution in [0.2, 0.25) is 0 Å². The Balaban J connectivity index is 2.12. The van der Waals surface area contributed by atoms with Crippen molar-refractivity contribution in [1.29, 1.82) is 0 Å². The molecule has 0 unspecified atom stereocenters. The number of hydrogen-bond donors (Lipinski definition) is 0. The molecule has 0 fully saturated rings. The van der Waals surface area contributed by atoms with Crippen molar-refractivity contribution in [2.24, 2.45) is 0 Å². The Morgan fingerprint density at radius 2 is 2.00 bits per heavy atom. The molecule has 3 rings (SSSR count). The van der Waals surface area contributed by atoms with E-state index in [1.807, 2.05) is 34.9 Å². The Kier molecular flexibility index (Phi) is 3.76. The monoisotopic (exact) mass is 352 g/mol. The number of rotatable bonds is 3. The van der Waals surface area contributed by atoms with Gasteiger partial charge in [0.25, 0.3) is 0 Å². The van der Waals surface area contributed by atoms with Gasteiger partial charge < -0.3 is 4.57 Å². The fraction of sp³-hybridized carbons (Fsp3) is 0.133. The highest BCUT2D eigenvalue weighted by molar-refractivity contribution is 9.10. The first kappa shape index (κ1) is 13.6. The van der Waals surface area contributed by atoms with Crippen molar-refractivity contribution in [1.82, 2.24) is 9.55 Å². The van der Waals surface area contributed by atoms with E-state index >= 15 is 0 Å². The second-order valence-electron chi connectivity index (χ2n) is 4.49. The minimum atomic E-state index is -0.318. The van der Waals surface area contributed by atoms with Gasteiger partial charge in [0.05, 0.1) is 11.4 Å². The van der Waals surface area contributed by atoms with Crippen LogP contribution >= 0.6 is 27.5 Å². The second-order valence-corrected chi connectivity index (χ2v) is 5.67. The van der Waals surface area contributed by atoms with Gasteiger partial charge in [-0.3, -0.25) is 0 Å². The van der Waals surface area contributed by atoms with Crippen molar-refractivity contribution in [3.63, 3.8) is 0 Å². The van der Waals surface area contributed by atoms with Crippen LogP contribution in [-0.4, -0.2) is 9.55 Å². The number of halogens is 3. The smallest absolute Gasteiger partial charge is 0.151 e. The molecule has 1 aromatic heterocycles. The molecule has 0 aliphatic carbocycles. The molecule has 5 heteroatoms. The fourth-order valence-electron chi connectivity index (χ4n) is 2.26. The summed E-state index contributed by atoms with van der Waals surface area (Å²) in [6.07, 6.45) is 0. The highest BCUT2D eigenvalue weighted by Gasteiger charge is 2.13. The number of nitrogens with zero attached hydrogens (tertiary/aromatic N) is 2. The third-order valence-electron chi connectivity index (χ3n) is 3.16. The Labute approximate surface area is 129 Å². The molecule has 0 N–H and O–H groups in total. The molecule has 0 saturated carbocycles. The Morgan fingerprint density at radius 3 is 2.75 bits per heavy atom.